The van der Waals surface area contributed by atoms with E-state index in [4.69, 9.17) is 5.14 Å². The molecule has 0 unspecified atom stereocenters. The standard InChI is InChI=1S/C27H32N4O3S/c1-21-19-26(22(2)31(21)24-10-12-25(13-11-24)35(28,33)34)27(32)20-30-17-15-29(16-18-30)14-6-9-23-7-4-3-5-8-23/h3-13,19H,14-18,20H2,1-2H3,(H2,28,33,34). The van der Waals surface area contributed by atoms with Gasteiger partial charge in [0.2, 0.25) is 10.0 Å². The van der Waals surface area contributed by atoms with Crippen molar-refractivity contribution >= 4 is 21.9 Å². The van der Waals surface area contributed by atoms with E-state index in [1.807, 2.05) is 42.7 Å². The summed E-state index contributed by atoms with van der Waals surface area (Å²) in [5, 5.41) is 5.20. The summed E-state index contributed by atoms with van der Waals surface area (Å²) in [6.45, 7) is 8.75. The number of carbonyl (C=O) groups is 1. The van der Waals surface area contributed by atoms with Gasteiger partial charge in [0.1, 0.15) is 0 Å². The van der Waals surface area contributed by atoms with Gasteiger partial charge in [-0.1, -0.05) is 42.5 Å². The Bertz CT molecular complexity index is 1300. The minimum absolute atomic E-state index is 0.0645. The SMILES string of the molecule is Cc1cc(C(=O)CN2CCN(CC=Cc3ccccc3)CC2)c(C)n1-c1ccc(S(N)(=O)=O)cc1. The van der Waals surface area contributed by atoms with Crippen LogP contribution in [-0.2, 0) is 10.0 Å². The van der Waals surface area contributed by atoms with Gasteiger partial charge in [-0.05, 0) is 49.7 Å². The third-order valence-electron chi connectivity index (χ3n) is 6.46. The number of benzene rings is 2. The van der Waals surface area contributed by atoms with Crippen molar-refractivity contribution in [2.45, 2.75) is 18.7 Å². The Morgan fingerprint density at radius 1 is 0.943 bits per heavy atom. The molecule has 0 bridgehead atoms. The van der Waals surface area contributed by atoms with Gasteiger partial charge in [0.05, 0.1) is 11.4 Å². The third-order valence-corrected chi connectivity index (χ3v) is 7.39. The van der Waals surface area contributed by atoms with Gasteiger partial charge >= 0.3 is 0 Å². The Balaban J connectivity index is 1.35. The van der Waals surface area contributed by atoms with E-state index >= 15 is 0 Å². The van der Waals surface area contributed by atoms with Crippen molar-refractivity contribution in [3.63, 3.8) is 0 Å². The van der Waals surface area contributed by atoms with Crippen LogP contribution in [-0.4, -0.2) is 67.8 Å². The number of aromatic nitrogens is 1. The zero-order chi connectivity index (χ0) is 25.0. The number of ketones is 1. The summed E-state index contributed by atoms with van der Waals surface area (Å²) in [7, 11) is -3.74. The molecule has 0 atom stereocenters. The molecule has 0 amide bonds. The lowest BCUT2D eigenvalue weighted by molar-refractivity contribution is 0.0864. The van der Waals surface area contributed by atoms with Crippen molar-refractivity contribution in [2.24, 2.45) is 5.14 Å². The molecule has 35 heavy (non-hydrogen) atoms. The molecule has 3 aromatic rings. The molecule has 7 nitrogen and oxygen atoms in total. The molecular formula is C27H32N4O3S. The molecule has 1 aliphatic heterocycles. The summed E-state index contributed by atoms with van der Waals surface area (Å²) in [6.07, 6.45) is 4.34. The Morgan fingerprint density at radius 2 is 1.57 bits per heavy atom. The number of sulfonamides is 1. The molecule has 1 saturated heterocycles. The molecule has 1 fully saturated rings. The molecule has 0 saturated carbocycles. The van der Waals surface area contributed by atoms with Gasteiger partial charge in [-0.3, -0.25) is 14.6 Å². The fourth-order valence-electron chi connectivity index (χ4n) is 4.55. The first-order valence-corrected chi connectivity index (χ1v) is 13.3. The number of primary sulfonamides is 1. The van der Waals surface area contributed by atoms with Gasteiger partial charge in [-0.15, -0.1) is 0 Å². The van der Waals surface area contributed by atoms with E-state index in [1.165, 1.54) is 17.7 Å². The predicted molar refractivity (Wildman–Crippen MR) is 139 cm³/mol. The van der Waals surface area contributed by atoms with Crippen LogP contribution in [0.3, 0.4) is 0 Å². The van der Waals surface area contributed by atoms with Crippen molar-refractivity contribution < 1.29 is 13.2 Å². The zero-order valence-electron chi connectivity index (χ0n) is 20.2. The molecule has 0 radical (unpaired) electrons. The monoisotopic (exact) mass is 492 g/mol. The van der Waals surface area contributed by atoms with Crippen LogP contribution >= 0.6 is 0 Å². The summed E-state index contributed by atoms with van der Waals surface area (Å²) in [5.41, 5.74) is 4.47. The highest BCUT2D eigenvalue weighted by atomic mass is 32.2. The third kappa shape index (κ3) is 6.15. The van der Waals surface area contributed by atoms with E-state index < -0.39 is 10.0 Å². The zero-order valence-corrected chi connectivity index (χ0v) is 21.0. The smallest absolute Gasteiger partial charge is 0.238 e. The number of nitrogens with two attached hydrogens (primary N) is 1. The summed E-state index contributed by atoms with van der Waals surface area (Å²) in [6, 6.07) is 18.6. The predicted octanol–water partition coefficient (Wildman–Crippen LogP) is 3.26. The van der Waals surface area contributed by atoms with Crippen molar-refractivity contribution in [2.75, 3.05) is 39.3 Å². The quantitative estimate of drug-likeness (QED) is 0.488. The number of hydrogen-bond donors (Lipinski definition) is 1. The van der Waals surface area contributed by atoms with Crippen LogP contribution in [0.4, 0.5) is 0 Å². The van der Waals surface area contributed by atoms with Gasteiger partial charge in [0.25, 0.3) is 0 Å². The van der Waals surface area contributed by atoms with Crippen molar-refractivity contribution in [3.05, 3.63) is 89.3 Å². The average Bonchev–Trinajstić information content (AvgIpc) is 3.14. The molecule has 1 aliphatic rings. The van der Waals surface area contributed by atoms with E-state index in [0.717, 1.165) is 49.8 Å². The van der Waals surface area contributed by atoms with Gasteiger partial charge in [0, 0.05) is 55.4 Å². The van der Waals surface area contributed by atoms with Crippen LogP contribution in [0.2, 0.25) is 0 Å². The fraction of sp³-hybridized carbons (Fsp3) is 0.296. The van der Waals surface area contributed by atoms with Gasteiger partial charge in [-0.2, -0.15) is 0 Å². The maximum Gasteiger partial charge on any atom is 0.238 e. The Kier molecular flexibility index (Phi) is 7.66. The lowest BCUT2D eigenvalue weighted by Gasteiger charge is -2.33. The lowest BCUT2D eigenvalue weighted by Crippen LogP contribution is -2.47. The molecule has 2 aromatic carbocycles. The van der Waals surface area contributed by atoms with E-state index in [-0.39, 0.29) is 10.7 Å². The Morgan fingerprint density at radius 3 is 2.20 bits per heavy atom. The van der Waals surface area contributed by atoms with Crippen LogP contribution in [0.5, 0.6) is 0 Å². The lowest BCUT2D eigenvalue weighted by atomic mass is 10.1. The maximum atomic E-state index is 13.2. The summed E-state index contributed by atoms with van der Waals surface area (Å²) >= 11 is 0. The van der Waals surface area contributed by atoms with Gasteiger partial charge in [-0.25, -0.2) is 13.6 Å². The van der Waals surface area contributed by atoms with Crippen molar-refractivity contribution in [1.29, 1.82) is 0 Å². The second-order valence-corrected chi connectivity index (χ2v) is 10.5. The highest BCUT2D eigenvalue weighted by molar-refractivity contribution is 7.89. The molecule has 4 rings (SSSR count). The number of Topliss-reactive ketones (excluding diaryl/α,β-unsaturated/α-hetero) is 1. The number of aryl methyl sites for hydroxylation is 1. The van der Waals surface area contributed by atoms with Crippen LogP contribution in [0.15, 0.2) is 71.6 Å². The van der Waals surface area contributed by atoms with Crippen LogP contribution in [0, 0.1) is 13.8 Å². The first kappa shape index (κ1) is 25.1. The van der Waals surface area contributed by atoms with E-state index in [9.17, 15) is 13.2 Å². The topological polar surface area (TPSA) is 88.6 Å². The molecule has 0 spiro atoms. The largest absolute Gasteiger partial charge is 0.318 e. The van der Waals surface area contributed by atoms with Gasteiger partial charge < -0.3 is 4.57 Å². The Hall–Kier alpha value is -3.04. The number of rotatable bonds is 8. The number of piperazine rings is 1. The molecule has 2 N–H and O–H groups in total. The number of carbonyl (C=O) groups excluding carboxylic acids is 1. The molecule has 184 valence electrons. The second kappa shape index (κ2) is 10.7. The molecule has 8 heteroatoms. The number of nitrogens with zero attached hydrogens (tertiary/aromatic N) is 3. The van der Waals surface area contributed by atoms with Crippen LogP contribution in [0.25, 0.3) is 11.8 Å². The molecule has 2 heterocycles. The average molecular weight is 493 g/mol. The normalized spacial score (nSPS) is 15.6. The van der Waals surface area contributed by atoms with Crippen molar-refractivity contribution in [3.8, 4) is 5.69 Å². The minimum Gasteiger partial charge on any atom is -0.318 e. The molecular weight excluding hydrogens is 460 g/mol. The molecule has 0 aliphatic carbocycles. The minimum atomic E-state index is -3.74. The summed E-state index contributed by atoms with van der Waals surface area (Å²) < 4.78 is 25.1. The highest BCUT2D eigenvalue weighted by Gasteiger charge is 2.22. The van der Waals surface area contributed by atoms with Crippen LogP contribution < -0.4 is 5.14 Å². The molecule has 1 aromatic heterocycles. The maximum absolute atomic E-state index is 13.2. The second-order valence-electron chi connectivity index (χ2n) is 8.97. The van der Waals surface area contributed by atoms with E-state index in [2.05, 4.69) is 34.1 Å². The summed E-state index contributed by atoms with van der Waals surface area (Å²) in [4.78, 5) is 17.8. The Labute approximate surface area is 207 Å². The number of hydrogen-bond acceptors (Lipinski definition) is 5. The first-order valence-electron chi connectivity index (χ1n) is 11.7. The fourth-order valence-corrected chi connectivity index (χ4v) is 5.06. The van der Waals surface area contributed by atoms with Crippen molar-refractivity contribution in [1.82, 2.24) is 14.4 Å². The highest BCUT2D eigenvalue weighted by Crippen LogP contribution is 2.23. The van der Waals surface area contributed by atoms with Crippen LogP contribution in [0.1, 0.15) is 27.3 Å². The van der Waals surface area contributed by atoms with Gasteiger partial charge in [0.15, 0.2) is 5.78 Å². The first-order chi connectivity index (χ1) is 16.7. The van der Waals surface area contributed by atoms with E-state index in [1.54, 1.807) is 12.1 Å². The summed E-state index contributed by atoms with van der Waals surface area (Å²) in [5.74, 6) is 0.0999. The van der Waals surface area contributed by atoms with E-state index in [0.29, 0.717) is 12.1 Å².